The first kappa shape index (κ1) is 13.7. The van der Waals surface area contributed by atoms with E-state index < -0.39 is 12.0 Å². The molecule has 1 unspecified atom stereocenters. The number of carbonyl (C=O) groups is 4. The van der Waals surface area contributed by atoms with Crippen LogP contribution in [0.1, 0.15) is 32.1 Å². The van der Waals surface area contributed by atoms with Gasteiger partial charge < -0.3 is 5.11 Å². The predicted molar refractivity (Wildman–Crippen MR) is 69.4 cm³/mol. The molecule has 0 aromatic heterocycles. The fourth-order valence-electron chi connectivity index (χ4n) is 3.03. The van der Waals surface area contributed by atoms with E-state index in [0.29, 0.717) is 18.4 Å². The van der Waals surface area contributed by atoms with Crippen LogP contribution < -0.4 is 10.6 Å². The molecule has 21 heavy (non-hydrogen) atoms. The summed E-state index contributed by atoms with van der Waals surface area (Å²) in [6, 6.07) is 0. The molecule has 4 amide bonds. The second-order valence-electron chi connectivity index (χ2n) is 5.32. The molecule has 0 radical (unpaired) electrons. The van der Waals surface area contributed by atoms with Crippen molar-refractivity contribution in [1.29, 1.82) is 0 Å². The van der Waals surface area contributed by atoms with Crippen LogP contribution >= 0.6 is 0 Å². The molecule has 0 aromatic rings. The van der Waals surface area contributed by atoms with Crippen molar-refractivity contribution in [2.24, 2.45) is 0 Å². The monoisotopic (exact) mass is 290 g/mol. The van der Waals surface area contributed by atoms with Crippen molar-refractivity contribution in [3.05, 3.63) is 22.3 Å². The maximum atomic E-state index is 10.9. The van der Waals surface area contributed by atoms with E-state index in [-0.39, 0.29) is 23.3 Å². The second-order valence-corrected chi connectivity index (χ2v) is 5.32. The summed E-state index contributed by atoms with van der Waals surface area (Å²) in [5, 5.41) is 13.6. The van der Waals surface area contributed by atoms with Gasteiger partial charge in [-0.2, -0.15) is 0 Å². The molecule has 3 N–H and O–H groups in total. The highest BCUT2D eigenvalue weighted by molar-refractivity contribution is 6.20. The Morgan fingerprint density at radius 1 is 0.762 bits per heavy atom. The molecule has 110 valence electrons. The summed E-state index contributed by atoms with van der Waals surface area (Å²) in [6.07, 6.45) is 2.83. The van der Waals surface area contributed by atoms with E-state index >= 15 is 0 Å². The third kappa shape index (κ3) is 2.19. The Morgan fingerprint density at radius 2 is 1.29 bits per heavy atom. The highest BCUT2D eigenvalue weighted by Gasteiger charge is 2.38. The van der Waals surface area contributed by atoms with E-state index in [4.69, 9.17) is 0 Å². The first-order chi connectivity index (χ1) is 9.99. The van der Waals surface area contributed by atoms with Crippen molar-refractivity contribution < 1.29 is 24.3 Å². The summed E-state index contributed by atoms with van der Waals surface area (Å²) in [7, 11) is 0. The molecule has 4 rings (SSSR count). The Kier molecular flexibility index (Phi) is 3.21. The van der Waals surface area contributed by atoms with Gasteiger partial charge in [0.15, 0.2) is 0 Å². The normalized spacial score (nSPS) is 26.6. The van der Waals surface area contributed by atoms with Crippen molar-refractivity contribution in [1.82, 2.24) is 10.6 Å². The van der Waals surface area contributed by atoms with E-state index in [1.807, 2.05) is 0 Å². The minimum Gasteiger partial charge on any atom is -0.388 e. The standard InChI is InChI=1S/C7H7NO3.C7H7NO2/c9-4-2-1-3-5(4)7(11)8-6(3)10;9-6-4-2-1-3-5(4)7(10)8-6/h4,9H,1-2H2,(H,8,10,11);1-3H2,(H,8,9,10). The SMILES string of the molecule is O=C1NC(=O)C2=C1CCC2.O=C1NC(=O)C2=C1CCC2O. The molecule has 0 aromatic carbocycles. The quantitative estimate of drug-likeness (QED) is 0.506. The fourth-order valence-corrected chi connectivity index (χ4v) is 3.03. The third-order valence-electron chi connectivity index (χ3n) is 4.06. The molecule has 2 heterocycles. The summed E-state index contributed by atoms with van der Waals surface area (Å²) in [4.78, 5) is 43.6. The van der Waals surface area contributed by atoms with Gasteiger partial charge >= 0.3 is 0 Å². The number of nitrogens with one attached hydrogen (secondary N) is 2. The zero-order chi connectivity index (χ0) is 15.1. The summed E-state index contributed by atoms with van der Waals surface area (Å²) in [5.74, 6) is -1.09. The number of hydrogen-bond acceptors (Lipinski definition) is 5. The second kappa shape index (κ2) is 4.92. The highest BCUT2D eigenvalue weighted by Crippen LogP contribution is 2.30. The smallest absolute Gasteiger partial charge is 0.257 e. The van der Waals surface area contributed by atoms with Crippen LogP contribution in [-0.2, 0) is 19.2 Å². The molecule has 0 spiro atoms. The third-order valence-corrected chi connectivity index (χ3v) is 4.06. The number of amides is 4. The number of aliphatic hydroxyl groups excluding tert-OH is 1. The lowest BCUT2D eigenvalue weighted by Gasteiger charge is -2.02. The zero-order valence-electron chi connectivity index (χ0n) is 11.2. The molecule has 1 atom stereocenters. The topological polar surface area (TPSA) is 113 Å². The number of aliphatic hydroxyl groups is 1. The predicted octanol–water partition coefficient (Wildman–Crippen LogP) is -0.783. The van der Waals surface area contributed by atoms with Crippen LogP contribution in [0.15, 0.2) is 22.3 Å². The number of rotatable bonds is 0. The molecule has 0 saturated heterocycles. The maximum Gasteiger partial charge on any atom is 0.257 e. The summed E-state index contributed by atoms with van der Waals surface area (Å²) in [6.45, 7) is 0. The van der Waals surface area contributed by atoms with E-state index in [1.165, 1.54) is 0 Å². The maximum absolute atomic E-state index is 10.9. The van der Waals surface area contributed by atoms with Crippen molar-refractivity contribution >= 4 is 23.6 Å². The molecular formula is C14H14N2O5. The van der Waals surface area contributed by atoms with Crippen molar-refractivity contribution in [3.8, 4) is 0 Å². The van der Waals surface area contributed by atoms with Gasteiger partial charge in [-0.25, -0.2) is 0 Å². The van der Waals surface area contributed by atoms with Crippen LogP contribution in [0.3, 0.4) is 0 Å². The first-order valence-corrected chi connectivity index (χ1v) is 6.83. The summed E-state index contributed by atoms with van der Waals surface area (Å²) >= 11 is 0. The lowest BCUT2D eigenvalue weighted by molar-refractivity contribution is -0.126. The first-order valence-electron chi connectivity index (χ1n) is 6.83. The highest BCUT2D eigenvalue weighted by atomic mass is 16.3. The molecule has 0 bridgehead atoms. The number of imide groups is 2. The van der Waals surface area contributed by atoms with Gasteiger partial charge in [0.2, 0.25) is 0 Å². The number of carbonyl (C=O) groups excluding carboxylic acids is 4. The van der Waals surface area contributed by atoms with Gasteiger partial charge in [0.1, 0.15) is 0 Å². The lowest BCUT2D eigenvalue weighted by Crippen LogP contribution is -2.27. The van der Waals surface area contributed by atoms with Gasteiger partial charge in [-0.15, -0.1) is 0 Å². The van der Waals surface area contributed by atoms with Crippen molar-refractivity contribution in [3.63, 3.8) is 0 Å². The van der Waals surface area contributed by atoms with Crippen LogP contribution in [0.5, 0.6) is 0 Å². The molecule has 7 nitrogen and oxygen atoms in total. The van der Waals surface area contributed by atoms with Gasteiger partial charge in [0, 0.05) is 16.7 Å². The molecule has 7 heteroatoms. The largest absolute Gasteiger partial charge is 0.388 e. The number of hydrogen-bond donors (Lipinski definition) is 3. The van der Waals surface area contributed by atoms with Crippen molar-refractivity contribution in [2.75, 3.05) is 0 Å². The van der Waals surface area contributed by atoms with Crippen LogP contribution in [0.25, 0.3) is 0 Å². The Morgan fingerprint density at radius 3 is 1.86 bits per heavy atom. The Labute approximate surface area is 120 Å². The molecule has 4 aliphatic rings. The Balaban J connectivity index is 0.000000126. The van der Waals surface area contributed by atoms with Gasteiger partial charge in [-0.3, -0.25) is 29.8 Å². The Bertz CT molecular complexity index is 620. The van der Waals surface area contributed by atoms with E-state index in [1.54, 1.807) is 0 Å². The summed E-state index contributed by atoms with van der Waals surface area (Å²) in [5.41, 5.74) is 2.22. The van der Waals surface area contributed by atoms with Gasteiger partial charge in [0.05, 0.1) is 11.7 Å². The van der Waals surface area contributed by atoms with Gasteiger partial charge in [-0.1, -0.05) is 0 Å². The molecule has 0 saturated carbocycles. The van der Waals surface area contributed by atoms with Crippen LogP contribution in [-0.4, -0.2) is 34.8 Å². The fraction of sp³-hybridized carbons (Fsp3) is 0.429. The van der Waals surface area contributed by atoms with Crippen LogP contribution in [0.4, 0.5) is 0 Å². The van der Waals surface area contributed by atoms with Crippen LogP contribution in [0.2, 0.25) is 0 Å². The molecule has 2 aliphatic carbocycles. The summed E-state index contributed by atoms with van der Waals surface area (Å²) < 4.78 is 0. The average Bonchev–Trinajstić information content (AvgIpc) is 3.13. The van der Waals surface area contributed by atoms with E-state index in [9.17, 15) is 24.3 Å². The van der Waals surface area contributed by atoms with Crippen molar-refractivity contribution in [2.45, 2.75) is 38.2 Å². The zero-order valence-corrected chi connectivity index (χ0v) is 11.2. The Hall–Kier alpha value is -2.28. The minimum atomic E-state index is -0.726. The minimum absolute atomic E-state index is 0.169. The van der Waals surface area contributed by atoms with Crippen LogP contribution in [0, 0.1) is 0 Å². The van der Waals surface area contributed by atoms with Gasteiger partial charge in [0.25, 0.3) is 23.6 Å². The molecule has 0 fully saturated rings. The van der Waals surface area contributed by atoms with E-state index in [2.05, 4.69) is 10.6 Å². The molecular weight excluding hydrogens is 276 g/mol. The average molecular weight is 290 g/mol. The van der Waals surface area contributed by atoms with E-state index in [0.717, 1.165) is 30.4 Å². The van der Waals surface area contributed by atoms with Gasteiger partial charge in [-0.05, 0) is 32.1 Å². The molecule has 2 aliphatic heterocycles. The lowest BCUT2D eigenvalue weighted by atomic mass is 10.2.